The third-order valence-electron chi connectivity index (χ3n) is 2.96. The van der Waals surface area contributed by atoms with Gasteiger partial charge in [-0.3, -0.25) is 0 Å². The van der Waals surface area contributed by atoms with Crippen molar-refractivity contribution in [2.24, 2.45) is 0 Å². The number of hydrogen-bond acceptors (Lipinski definition) is 2. The third kappa shape index (κ3) is 5.25. The third-order valence-corrected chi connectivity index (χ3v) is 5.08. The Morgan fingerprint density at radius 1 is 1.12 bits per heavy atom. The Morgan fingerprint density at radius 2 is 1.83 bits per heavy atom. The summed E-state index contributed by atoms with van der Waals surface area (Å²) in [5, 5.41) is 0. The Balaban J connectivity index is 2.35. The molecule has 0 N–H and O–H groups in total. The van der Waals surface area contributed by atoms with Gasteiger partial charge in [0.25, 0.3) is 0 Å². The Labute approximate surface area is 144 Å². The molecule has 0 atom stereocenters. The monoisotopic (exact) mass is 400 g/mol. The number of carbonyl (C=O) groups is 1. The normalized spacial score (nSPS) is 12.1. The Hall–Kier alpha value is -2.04. The van der Waals surface area contributed by atoms with Crippen molar-refractivity contribution < 1.29 is 22.7 Å². The van der Waals surface area contributed by atoms with Crippen LogP contribution in [0.15, 0.2) is 59.1 Å². The summed E-state index contributed by atoms with van der Waals surface area (Å²) in [4.78, 5) is 12.1. The van der Waals surface area contributed by atoms with Crippen molar-refractivity contribution in [2.45, 2.75) is 13.1 Å². The van der Waals surface area contributed by atoms with Crippen molar-refractivity contribution in [1.82, 2.24) is 0 Å². The fourth-order valence-corrected chi connectivity index (χ4v) is 3.76. The van der Waals surface area contributed by atoms with Crippen LogP contribution < -0.4 is 4.46 Å². The van der Waals surface area contributed by atoms with Gasteiger partial charge in [-0.25, -0.2) is 0 Å². The maximum atomic E-state index is 12.8. The molecule has 0 amide bonds. The molecular formula is C18H15F3O2Se. The topological polar surface area (TPSA) is 26.3 Å². The van der Waals surface area contributed by atoms with Gasteiger partial charge in [0.15, 0.2) is 0 Å². The summed E-state index contributed by atoms with van der Waals surface area (Å²) in [7, 11) is 0. The van der Waals surface area contributed by atoms with Crippen LogP contribution in [0.4, 0.5) is 13.2 Å². The van der Waals surface area contributed by atoms with E-state index in [0.717, 1.165) is 16.6 Å². The van der Waals surface area contributed by atoms with Crippen LogP contribution >= 0.6 is 0 Å². The predicted molar refractivity (Wildman–Crippen MR) is 87.9 cm³/mol. The number of ether oxygens (including phenoxy) is 1. The summed E-state index contributed by atoms with van der Waals surface area (Å²) in [6.07, 6.45) is -2.95. The number of carbonyl (C=O) groups excluding carboxylic acids is 1. The Morgan fingerprint density at radius 3 is 2.46 bits per heavy atom. The van der Waals surface area contributed by atoms with Gasteiger partial charge in [0.05, 0.1) is 0 Å². The molecule has 6 heteroatoms. The van der Waals surface area contributed by atoms with Gasteiger partial charge in [-0.2, -0.15) is 0 Å². The van der Waals surface area contributed by atoms with Crippen LogP contribution in [0.25, 0.3) is 6.08 Å². The molecule has 2 aromatic carbocycles. The molecule has 0 aliphatic carbocycles. The van der Waals surface area contributed by atoms with E-state index < -0.39 is 17.7 Å². The molecule has 0 radical (unpaired) electrons. The molecule has 0 unspecified atom stereocenters. The molecule has 0 aromatic heterocycles. The van der Waals surface area contributed by atoms with Crippen LogP contribution in [0.5, 0.6) is 0 Å². The van der Waals surface area contributed by atoms with Crippen molar-refractivity contribution >= 4 is 31.5 Å². The van der Waals surface area contributed by atoms with E-state index in [1.807, 2.05) is 30.3 Å². The van der Waals surface area contributed by atoms with Crippen LogP contribution in [0.1, 0.15) is 18.1 Å². The fraction of sp³-hybridized carbons (Fsp3) is 0.167. The number of esters is 1. The van der Waals surface area contributed by atoms with Gasteiger partial charge >= 0.3 is 144 Å². The summed E-state index contributed by atoms with van der Waals surface area (Å²) in [5.41, 5.74) is -0.419. The minimum absolute atomic E-state index is 0.212. The summed E-state index contributed by atoms with van der Waals surface area (Å²) < 4.78 is 44.8. The van der Waals surface area contributed by atoms with Crippen LogP contribution in [0.3, 0.4) is 0 Å². The second-order valence-corrected chi connectivity index (χ2v) is 7.11. The fourth-order valence-electron chi connectivity index (χ4n) is 1.90. The standard InChI is InChI=1S/C18H15F3O2Se/c1-2-23-17(22)16(24-15-9-4-3-5-10-15)12-13-7-6-8-14(11-13)18(19,20)21/h3-12H,2H2,1H3/b16-12+. The van der Waals surface area contributed by atoms with Crippen molar-refractivity contribution in [3.63, 3.8) is 0 Å². The number of rotatable bonds is 5. The van der Waals surface area contributed by atoms with Crippen LogP contribution in [0, 0.1) is 0 Å². The molecule has 0 saturated heterocycles. The molecule has 2 nitrogen and oxygen atoms in total. The van der Waals surface area contributed by atoms with Crippen LogP contribution in [0.2, 0.25) is 0 Å². The number of hydrogen-bond donors (Lipinski definition) is 0. The molecule has 0 spiro atoms. The zero-order valence-corrected chi connectivity index (χ0v) is 14.6. The average Bonchev–Trinajstić information content (AvgIpc) is 2.55. The van der Waals surface area contributed by atoms with Crippen molar-refractivity contribution in [3.05, 3.63) is 70.2 Å². The van der Waals surface area contributed by atoms with E-state index in [0.29, 0.717) is 10.0 Å². The molecule has 0 bridgehead atoms. The van der Waals surface area contributed by atoms with Gasteiger partial charge in [-0.15, -0.1) is 0 Å². The minimum atomic E-state index is -4.42. The van der Waals surface area contributed by atoms with Crippen molar-refractivity contribution in [3.8, 4) is 0 Å². The first kappa shape index (κ1) is 18.3. The van der Waals surface area contributed by atoms with Gasteiger partial charge in [0.2, 0.25) is 0 Å². The molecule has 0 heterocycles. The Kier molecular flexibility index (Phi) is 6.23. The molecule has 2 rings (SSSR count). The molecule has 0 saturated carbocycles. The summed E-state index contributed by atoms with van der Waals surface area (Å²) in [6, 6.07) is 14.2. The quantitative estimate of drug-likeness (QED) is 0.436. The van der Waals surface area contributed by atoms with Gasteiger partial charge in [-0.1, -0.05) is 0 Å². The van der Waals surface area contributed by atoms with E-state index in [-0.39, 0.29) is 21.6 Å². The number of benzene rings is 2. The first-order valence-corrected chi connectivity index (χ1v) is 8.90. The summed E-state index contributed by atoms with van der Waals surface area (Å²) in [6.45, 7) is 1.90. The van der Waals surface area contributed by atoms with E-state index in [9.17, 15) is 18.0 Å². The molecule has 2 aromatic rings. The first-order valence-electron chi connectivity index (χ1n) is 7.19. The van der Waals surface area contributed by atoms with Crippen molar-refractivity contribution in [2.75, 3.05) is 6.61 Å². The van der Waals surface area contributed by atoms with Crippen LogP contribution in [-0.2, 0) is 15.7 Å². The molecule has 0 fully saturated rings. The van der Waals surface area contributed by atoms with E-state index in [1.165, 1.54) is 18.2 Å². The maximum absolute atomic E-state index is 12.8. The Bertz CT molecular complexity index is 725. The van der Waals surface area contributed by atoms with E-state index in [2.05, 4.69) is 0 Å². The van der Waals surface area contributed by atoms with Gasteiger partial charge < -0.3 is 0 Å². The number of halogens is 3. The SMILES string of the molecule is CCOC(=O)/C(=C\c1cccc(C(F)(F)F)c1)[Se]c1ccccc1. The first-order chi connectivity index (χ1) is 11.4. The molecular weight excluding hydrogens is 384 g/mol. The van der Waals surface area contributed by atoms with Gasteiger partial charge in [0, 0.05) is 0 Å². The average molecular weight is 399 g/mol. The second kappa shape index (κ2) is 8.17. The van der Waals surface area contributed by atoms with Crippen molar-refractivity contribution in [1.29, 1.82) is 0 Å². The van der Waals surface area contributed by atoms with E-state index in [4.69, 9.17) is 4.74 Å². The number of alkyl halides is 3. The van der Waals surface area contributed by atoms with E-state index >= 15 is 0 Å². The van der Waals surface area contributed by atoms with E-state index in [1.54, 1.807) is 6.92 Å². The zero-order chi connectivity index (χ0) is 17.6. The predicted octanol–water partition coefficient (Wildman–Crippen LogP) is 3.64. The molecule has 126 valence electrons. The van der Waals surface area contributed by atoms with Gasteiger partial charge in [-0.05, 0) is 0 Å². The molecule has 0 aliphatic heterocycles. The summed E-state index contributed by atoms with van der Waals surface area (Å²) in [5.74, 6) is -0.501. The molecule has 0 aliphatic rings. The second-order valence-electron chi connectivity index (χ2n) is 4.77. The van der Waals surface area contributed by atoms with Crippen LogP contribution in [-0.4, -0.2) is 27.5 Å². The van der Waals surface area contributed by atoms with Gasteiger partial charge in [0.1, 0.15) is 0 Å². The summed E-state index contributed by atoms with van der Waals surface area (Å²) >= 11 is -0.359. The zero-order valence-electron chi connectivity index (χ0n) is 12.8. The molecule has 24 heavy (non-hydrogen) atoms.